The molecule has 0 saturated carbocycles. The van der Waals surface area contributed by atoms with E-state index in [1.165, 1.54) is 64.2 Å². The Kier molecular flexibility index (Phi) is 18.1. The van der Waals surface area contributed by atoms with Crippen molar-refractivity contribution in [3.63, 3.8) is 0 Å². The molecule has 0 aromatic carbocycles. The minimum absolute atomic E-state index is 0.261. The third-order valence-electron chi connectivity index (χ3n) is 7.51. The zero-order valence-electron chi connectivity index (χ0n) is 23.7. The van der Waals surface area contributed by atoms with Gasteiger partial charge in [0.1, 0.15) is 0 Å². The molecule has 0 saturated heterocycles. The van der Waals surface area contributed by atoms with Gasteiger partial charge in [-0.1, -0.05) is 0 Å². The number of rotatable bonds is 19. The monoisotopic (exact) mass is 572 g/mol. The van der Waals surface area contributed by atoms with Gasteiger partial charge in [-0.25, -0.2) is 0 Å². The Morgan fingerprint density at radius 1 is 0.750 bits per heavy atom. The number of allylic oxidation sites excluding steroid dienone is 1. The summed E-state index contributed by atoms with van der Waals surface area (Å²) in [5.41, 5.74) is 0. The third kappa shape index (κ3) is 14.0. The Morgan fingerprint density at radius 2 is 1.25 bits per heavy atom. The van der Waals surface area contributed by atoms with Gasteiger partial charge in [0.25, 0.3) is 0 Å². The van der Waals surface area contributed by atoms with Crippen LogP contribution in [0, 0.1) is 0 Å². The molecule has 0 heterocycles. The summed E-state index contributed by atoms with van der Waals surface area (Å²) >= 11 is -2.27. The van der Waals surface area contributed by atoms with E-state index < -0.39 is 26.7 Å². The summed E-state index contributed by atoms with van der Waals surface area (Å²) in [5.74, 6) is 0. The summed E-state index contributed by atoms with van der Waals surface area (Å²) in [6, 6.07) is 0. The van der Waals surface area contributed by atoms with Gasteiger partial charge in [0, 0.05) is 0 Å². The fourth-order valence-corrected chi connectivity index (χ4v) is 19.8. The predicted molar refractivity (Wildman–Crippen MR) is 154 cm³/mol. The van der Waals surface area contributed by atoms with Crippen LogP contribution in [0.15, 0.2) is 22.3 Å². The second kappa shape index (κ2) is 17.8. The van der Waals surface area contributed by atoms with E-state index >= 15 is 0 Å². The molecule has 190 valence electrons. The number of unbranched alkanes of at least 4 members (excludes halogenated alkanes) is 6. The molecule has 3 heteroatoms. The van der Waals surface area contributed by atoms with Gasteiger partial charge in [-0.3, -0.25) is 0 Å². The molecular formula is C29H60OSiSn. The van der Waals surface area contributed by atoms with Crippen LogP contribution in [0.3, 0.4) is 0 Å². The van der Waals surface area contributed by atoms with Gasteiger partial charge >= 0.3 is 210 Å². The van der Waals surface area contributed by atoms with E-state index in [0.29, 0.717) is 0 Å². The summed E-state index contributed by atoms with van der Waals surface area (Å²) in [4.78, 5) is 0. The maximum atomic E-state index is 6.97. The number of hydrogen-bond acceptors (Lipinski definition) is 1. The summed E-state index contributed by atoms with van der Waals surface area (Å²) in [7, 11) is -1.78. The first-order valence-electron chi connectivity index (χ1n) is 14.1. The van der Waals surface area contributed by atoms with E-state index in [2.05, 4.69) is 83.9 Å². The zero-order chi connectivity index (χ0) is 24.5. The first kappa shape index (κ1) is 32.5. The van der Waals surface area contributed by atoms with Crippen molar-refractivity contribution in [3.05, 3.63) is 22.3 Å². The van der Waals surface area contributed by atoms with Gasteiger partial charge < -0.3 is 0 Å². The van der Waals surface area contributed by atoms with E-state index in [4.69, 9.17) is 4.43 Å². The van der Waals surface area contributed by atoms with E-state index in [9.17, 15) is 0 Å². The van der Waals surface area contributed by atoms with E-state index in [1.54, 1.807) is 13.3 Å². The second-order valence-corrected chi connectivity index (χ2v) is 29.4. The SMILES string of the molecule is CCCCC/C=C\CC(/C=[CH]/[Sn]([CH2]CCC)([CH2]CCC)[CH2]CCC)O[Si](C)(C)C(C)(C)C. The van der Waals surface area contributed by atoms with E-state index in [-0.39, 0.29) is 11.1 Å². The van der Waals surface area contributed by atoms with Crippen LogP contribution in [0.1, 0.15) is 119 Å². The molecular weight excluding hydrogens is 511 g/mol. The normalized spacial score (nSPS) is 14.7. The van der Waals surface area contributed by atoms with Crippen molar-refractivity contribution in [2.24, 2.45) is 0 Å². The zero-order valence-corrected chi connectivity index (χ0v) is 27.5. The molecule has 0 bridgehead atoms. The maximum absolute atomic E-state index is 6.97. The van der Waals surface area contributed by atoms with Gasteiger partial charge in [0.2, 0.25) is 0 Å². The molecule has 0 aromatic heterocycles. The van der Waals surface area contributed by atoms with Gasteiger partial charge in [-0.05, 0) is 0 Å². The Morgan fingerprint density at radius 3 is 1.69 bits per heavy atom. The molecule has 0 aromatic rings. The molecule has 0 spiro atoms. The first-order valence-corrected chi connectivity index (χ1v) is 24.7. The summed E-state index contributed by atoms with van der Waals surface area (Å²) in [5, 5.41) is 0.261. The molecule has 0 amide bonds. The summed E-state index contributed by atoms with van der Waals surface area (Å²) in [6.07, 6.45) is 22.2. The molecule has 0 N–H and O–H groups in total. The van der Waals surface area contributed by atoms with Crippen molar-refractivity contribution in [1.82, 2.24) is 0 Å². The van der Waals surface area contributed by atoms with Crippen LogP contribution in [-0.4, -0.2) is 32.8 Å². The Labute approximate surface area is 209 Å². The molecule has 0 aliphatic rings. The molecule has 1 nitrogen and oxygen atoms in total. The molecule has 0 radical (unpaired) electrons. The van der Waals surface area contributed by atoms with Crippen LogP contribution in [0.25, 0.3) is 0 Å². The summed E-state index contributed by atoms with van der Waals surface area (Å²) in [6.45, 7) is 21.3. The molecule has 32 heavy (non-hydrogen) atoms. The quantitative estimate of drug-likeness (QED) is 0.0851. The molecule has 1 unspecified atom stereocenters. The van der Waals surface area contributed by atoms with Crippen molar-refractivity contribution >= 4 is 26.7 Å². The van der Waals surface area contributed by atoms with Crippen LogP contribution in [0.2, 0.25) is 31.4 Å². The van der Waals surface area contributed by atoms with Crippen molar-refractivity contribution in [1.29, 1.82) is 0 Å². The average molecular weight is 572 g/mol. The third-order valence-corrected chi connectivity index (χ3v) is 26.1. The Hall–Kier alpha value is 0.456. The van der Waals surface area contributed by atoms with Crippen LogP contribution < -0.4 is 0 Å². The standard InChI is InChI=1S/C17H33OSi.3C4H9.Sn/c1-8-10-11-12-13-14-15-16(9-2)18-19(6,7)17(3,4)5;3*1-3-4-2;/h2,9,13-14,16H,8,10-12,15H2,1,3-7H3;3*1,3-4H2,2H3;/b9-2?,14-13-;;;;. The average Bonchev–Trinajstić information content (AvgIpc) is 2.73. The molecule has 0 rings (SSSR count). The molecule has 1 atom stereocenters. The molecule has 0 aliphatic heterocycles. The van der Waals surface area contributed by atoms with Crippen LogP contribution in [0.5, 0.6) is 0 Å². The first-order chi connectivity index (χ1) is 15.1. The Bertz CT molecular complexity index is 482. The fourth-order valence-electron chi connectivity index (χ4n) is 4.10. The molecule has 0 fully saturated rings. The predicted octanol–water partition coefficient (Wildman–Crippen LogP) is 10.8. The van der Waals surface area contributed by atoms with Crippen molar-refractivity contribution in [2.75, 3.05) is 0 Å². The summed E-state index contributed by atoms with van der Waals surface area (Å²) < 4.78 is 14.4. The van der Waals surface area contributed by atoms with Crippen LogP contribution in [0.4, 0.5) is 0 Å². The van der Waals surface area contributed by atoms with Crippen LogP contribution >= 0.6 is 0 Å². The van der Waals surface area contributed by atoms with Gasteiger partial charge in [-0.15, -0.1) is 0 Å². The van der Waals surface area contributed by atoms with E-state index in [1.807, 2.05) is 0 Å². The van der Waals surface area contributed by atoms with Crippen LogP contribution in [-0.2, 0) is 4.43 Å². The molecule has 0 aliphatic carbocycles. The topological polar surface area (TPSA) is 9.23 Å². The van der Waals surface area contributed by atoms with Gasteiger partial charge in [0.15, 0.2) is 0 Å². The Balaban J connectivity index is 5.65. The van der Waals surface area contributed by atoms with Crippen molar-refractivity contribution < 1.29 is 4.43 Å². The fraction of sp³-hybridized carbons (Fsp3) is 0.862. The van der Waals surface area contributed by atoms with Gasteiger partial charge in [0.05, 0.1) is 0 Å². The second-order valence-electron chi connectivity index (χ2n) is 11.7. The minimum atomic E-state index is -2.27. The van der Waals surface area contributed by atoms with Gasteiger partial charge in [-0.2, -0.15) is 0 Å². The van der Waals surface area contributed by atoms with E-state index in [0.717, 1.165) is 6.42 Å². The number of hydrogen-bond donors (Lipinski definition) is 0. The van der Waals surface area contributed by atoms with Crippen molar-refractivity contribution in [2.45, 2.75) is 157 Å². The van der Waals surface area contributed by atoms with Crippen molar-refractivity contribution in [3.8, 4) is 0 Å².